The molecule has 24 heavy (non-hydrogen) atoms. The number of hydrogen-bond donors (Lipinski definition) is 1. The van der Waals surface area contributed by atoms with Gasteiger partial charge in [0.25, 0.3) is 10.2 Å². The van der Waals surface area contributed by atoms with Gasteiger partial charge in [0, 0.05) is 11.5 Å². The second-order valence-electron chi connectivity index (χ2n) is 4.51. The lowest BCUT2D eigenvalue weighted by atomic mass is 10.1. The van der Waals surface area contributed by atoms with Crippen LogP contribution in [0.5, 0.6) is 11.5 Å². The standard InChI is InChI=1S/C13H14N2O9/c1-2-10-6-11(16)3-4-12(10)24-13(17)5-9(7-22-14(18)19)8-23-15(20)21/h2-4,6,9,16H,1,5,7-8H2. The highest BCUT2D eigenvalue weighted by molar-refractivity contribution is 5.74. The summed E-state index contributed by atoms with van der Waals surface area (Å²) in [7, 11) is 0. The molecule has 11 nitrogen and oxygen atoms in total. The van der Waals surface area contributed by atoms with Gasteiger partial charge in [-0.2, -0.15) is 0 Å². The summed E-state index contributed by atoms with van der Waals surface area (Å²) in [5.74, 6) is -1.72. The molecule has 0 spiro atoms. The lowest BCUT2D eigenvalue weighted by molar-refractivity contribution is -0.768. The molecule has 11 heteroatoms. The van der Waals surface area contributed by atoms with E-state index in [1.807, 2.05) is 0 Å². The quantitative estimate of drug-likeness (QED) is 0.287. The minimum atomic E-state index is -1.08. The van der Waals surface area contributed by atoms with E-state index in [1.54, 1.807) is 0 Å². The van der Waals surface area contributed by atoms with E-state index in [0.29, 0.717) is 5.56 Å². The first-order valence-electron chi connectivity index (χ1n) is 6.52. The van der Waals surface area contributed by atoms with Gasteiger partial charge in [0.2, 0.25) is 0 Å². The number of esters is 1. The Balaban J connectivity index is 2.70. The summed E-state index contributed by atoms with van der Waals surface area (Å²) in [6.07, 6.45) is 0.935. The molecule has 1 aromatic carbocycles. The zero-order chi connectivity index (χ0) is 18.1. The largest absolute Gasteiger partial charge is 0.508 e. The second kappa shape index (κ2) is 8.92. The smallest absolute Gasteiger partial charge is 0.311 e. The monoisotopic (exact) mass is 342 g/mol. The molecule has 0 aliphatic rings. The van der Waals surface area contributed by atoms with E-state index >= 15 is 0 Å². The Morgan fingerprint density at radius 1 is 1.25 bits per heavy atom. The molecule has 0 saturated heterocycles. The average Bonchev–Trinajstić information content (AvgIpc) is 2.51. The summed E-state index contributed by atoms with van der Waals surface area (Å²) in [4.78, 5) is 40.5. The Morgan fingerprint density at radius 3 is 2.33 bits per heavy atom. The predicted molar refractivity (Wildman–Crippen MR) is 77.8 cm³/mol. The molecule has 0 saturated carbocycles. The maximum absolute atomic E-state index is 11.9. The van der Waals surface area contributed by atoms with Gasteiger partial charge in [-0.25, -0.2) is 0 Å². The third kappa shape index (κ3) is 6.60. The first kappa shape index (κ1) is 18.7. The maximum atomic E-state index is 11.9. The number of carbonyl (C=O) groups is 1. The van der Waals surface area contributed by atoms with Crippen LogP contribution in [-0.4, -0.2) is 34.5 Å². The van der Waals surface area contributed by atoms with Crippen molar-refractivity contribution in [3.63, 3.8) is 0 Å². The van der Waals surface area contributed by atoms with E-state index < -0.39 is 41.7 Å². The van der Waals surface area contributed by atoms with Crippen LogP contribution < -0.4 is 4.74 Å². The molecule has 0 fully saturated rings. The van der Waals surface area contributed by atoms with Crippen molar-refractivity contribution in [2.45, 2.75) is 6.42 Å². The van der Waals surface area contributed by atoms with Crippen molar-refractivity contribution in [3.8, 4) is 11.5 Å². The number of phenolic OH excluding ortho intramolecular Hbond substituents is 1. The Morgan fingerprint density at radius 2 is 1.83 bits per heavy atom. The topological polar surface area (TPSA) is 151 Å². The predicted octanol–water partition coefficient (Wildman–Crippen LogP) is 1.36. The molecule has 0 aliphatic heterocycles. The Labute approximate surface area is 135 Å². The van der Waals surface area contributed by atoms with Crippen LogP contribution in [0.15, 0.2) is 24.8 Å². The van der Waals surface area contributed by atoms with Gasteiger partial charge >= 0.3 is 5.97 Å². The summed E-state index contributed by atoms with van der Waals surface area (Å²) >= 11 is 0. The Hall–Kier alpha value is -3.37. The summed E-state index contributed by atoms with van der Waals surface area (Å²) in [5.41, 5.74) is 0.350. The Kier molecular flexibility index (Phi) is 6.95. The van der Waals surface area contributed by atoms with Gasteiger partial charge in [0.15, 0.2) is 0 Å². The number of rotatable bonds is 10. The number of nitrogens with zero attached hydrogens (tertiary/aromatic N) is 2. The molecule has 0 amide bonds. The second-order valence-corrected chi connectivity index (χ2v) is 4.51. The van der Waals surface area contributed by atoms with Crippen LogP contribution in [0, 0.1) is 26.1 Å². The molecule has 0 unspecified atom stereocenters. The van der Waals surface area contributed by atoms with Crippen LogP contribution in [0.1, 0.15) is 12.0 Å². The van der Waals surface area contributed by atoms with Gasteiger partial charge in [0.1, 0.15) is 24.7 Å². The summed E-state index contributed by atoms with van der Waals surface area (Å²) in [6, 6.07) is 3.94. The van der Waals surface area contributed by atoms with E-state index in [9.17, 15) is 30.1 Å². The van der Waals surface area contributed by atoms with Gasteiger partial charge < -0.3 is 19.5 Å². The third-order valence-electron chi connectivity index (χ3n) is 2.72. The van der Waals surface area contributed by atoms with Gasteiger partial charge in [-0.1, -0.05) is 12.7 Å². The number of ether oxygens (including phenoxy) is 1. The third-order valence-corrected chi connectivity index (χ3v) is 2.72. The minimum absolute atomic E-state index is 0.0543. The molecule has 0 atom stereocenters. The molecule has 0 aromatic heterocycles. The van der Waals surface area contributed by atoms with Crippen molar-refractivity contribution in [1.82, 2.24) is 0 Å². The number of phenols is 1. The highest BCUT2D eigenvalue weighted by atomic mass is 17.0. The lowest BCUT2D eigenvalue weighted by Gasteiger charge is -2.14. The average molecular weight is 342 g/mol. The summed E-state index contributed by atoms with van der Waals surface area (Å²) in [5, 5.41) is 27.6. The molecule has 1 N–H and O–H groups in total. The molecule has 0 heterocycles. The highest BCUT2D eigenvalue weighted by Gasteiger charge is 2.20. The Bertz CT molecular complexity index is 614. The highest BCUT2D eigenvalue weighted by Crippen LogP contribution is 2.25. The number of aromatic hydroxyl groups is 1. The molecule has 0 aliphatic carbocycles. The van der Waals surface area contributed by atoms with Crippen molar-refractivity contribution in [1.29, 1.82) is 0 Å². The molecular weight excluding hydrogens is 328 g/mol. The zero-order valence-electron chi connectivity index (χ0n) is 12.3. The summed E-state index contributed by atoms with van der Waals surface area (Å²) < 4.78 is 5.06. The fourth-order valence-electron chi connectivity index (χ4n) is 1.69. The minimum Gasteiger partial charge on any atom is -0.508 e. The molecule has 1 aromatic rings. The zero-order valence-corrected chi connectivity index (χ0v) is 12.3. The molecule has 130 valence electrons. The van der Waals surface area contributed by atoms with E-state index in [4.69, 9.17) is 4.74 Å². The van der Waals surface area contributed by atoms with Crippen LogP contribution in [0.3, 0.4) is 0 Å². The van der Waals surface area contributed by atoms with Crippen molar-refractivity contribution >= 4 is 12.0 Å². The number of carbonyl (C=O) groups excluding carboxylic acids is 1. The fraction of sp³-hybridized carbons (Fsp3) is 0.308. The van der Waals surface area contributed by atoms with Crippen LogP contribution in [0.25, 0.3) is 6.08 Å². The van der Waals surface area contributed by atoms with Crippen LogP contribution in [0.2, 0.25) is 0 Å². The first-order valence-corrected chi connectivity index (χ1v) is 6.52. The van der Waals surface area contributed by atoms with Crippen molar-refractivity contribution < 1.29 is 34.5 Å². The van der Waals surface area contributed by atoms with Crippen LogP contribution in [-0.2, 0) is 14.5 Å². The first-order chi connectivity index (χ1) is 11.3. The maximum Gasteiger partial charge on any atom is 0.311 e. The summed E-state index contributed by atoms with van der Waals surface area (Å²) in [6.45, 7) is 2.37. The normalized spacial score (nSPS) is 10.0. The lowest BCUT2D eigenvalue weighted by Crippen LogP contribution is -2.25. The van der Waals surface area contributed by atoms with E-state index in [2.05, 4.69) is 16.3 Å². The van der Waals surface area contributed by atoms with E-state index in [-0.39, 0.29) is 11.5 Å². The van der Waals surface area contributed by atoms with Crippen LogP contribution >= 0.6 is 0 Å². The SMILES string of the molecule is C=Cc1cc(O)ccc1OC(=O)CC(CO[N+](=O)[O-])CO[N+](=O)[O-]. The van der Waals surface area contributed by atoms with Gasteiger partial charge in [-0.05, 0) is 18.2 Å². The molecule has 1 rings (SSSR count). The van der Waals surface area contributed by atoms with Crippen LogP contribution in [0.4, 0.5) is 0 Å². The molecule has 0 radical (unpaired) electrons. The molecule has 0 bridgehead atoms. The van der Waals surface area contributed by atoms with E-state index in [1.165, 1.54) is 24.3 Å². The van der Waals surface area contributed by atoms with E-state index in [0.717, 1.165) is 0 Å². The number of hydrogen-bond acceptors (Lipinski definition) is 9. The molecular formula is C13H14N2O9. The number of benzene rings is 1. The van der Waals surface area contributed by atoms with Gasteiger partial charge in [-0.3, -0.25) is 4.79 Å². The van der Waals surface area contributed by atoms with Gasteiger partial charge in [0.05, 0.1) is 6.42 Å². The fourth-order valence-corrected chi connectivity index (χ4v) is 1.69. The van der Waals surface area contributed by atoms with Crippen molar-refractivity contribution in [3.05, 3.63) is 50.6 Å². The van der Waals surface area contributed by atoms with Crippen molar-refractivity contribution in [2.75, 3.05) is 13.2 Å². The van der Waals surface area contributed by atoms with Crippen molar-refractivity contribution in [2.24, 2.45) is 5.92 Å². The van der Waals surface area contributed by atoms with Gasteiger partial charge in [-0.15, -0.1) is 20.2 Å².